The average molecular weight is 571 g/mol. The van der Waals surface area contributed by atoms with E-state index in [4.69, 9.17) is 37.2 Å². The standard InChI is InChI=1S/C27H24Cl2N4O6/c1-15-8-17(3-4-18(15)29)37-11-23(34)31-26-12-27(13-26,14-26)32-24(35)22-10-33(25(36)21-6-7-30-39-21)19-9-16(28)2-5-20(19)38-22/h2-9,22H,10-14H2,1H3,(H,31,34)(H,32,35). The predicted molar refractivity (Wildman–Crippen MR) is 141 cm³/mol. The topological polar surface area (TPSA) is 123 Å². The van der Waals surface area contributed by atoms with Crippen molar-refractivity contribution in [3.05, 3.63) is 70.0 Å². The number of amides is 3. The van der Waals surface area contributed by atoms with Crippen molar-refractivity contribution < 1.29 is 28.4 Å². The van der Waals surface area contributed by atoms with Crippen LogP contribution in [0, 0.1) is 6.92 Å². The number of ether oxygens (including phenoxy) is 2. The maximum absolute atomic E-state index is 13.2. The van der Waals surface area contributed by atoms with Gasteiger partial charge in [-0.05, 0) is 68.1 Å². The minimum absolute atomic E-state index is 0.0296. The highest BCUT2D eigenvalue weighted by molar-refractivity contribution is 6.31. The molecule has 10 nitrogen and oxygen atoms in total. The zero-order valence-electron chi connectivity index (χ0n) is 20.8. The van der Waals surface area contributed by atoms with Crippen LogP contribution in [0.3, 0.4) is 0 Å². The fourth-order valence-corrected chi connectivity index (χ4v) is 5.91. The number of fused-ring (bicyclic) bond motifs is 1. The molecule has 2 heterocycles. The van der Waals surface area contributed by atoms with Crippen LogP contribution in [0.25, 0.3) is 0 Å². The van der Waals surface area contributed by atoms with Crippen LogP contribution < -0.4 is 25.0 Å². The number of aromatic nitrogens is 1. The highest BCUT2D eigenvalue weighted by atomic mass is 35.5. The summed E-state index contributed by atoms with van der Waals surface area (Å²) in [7, 11) is 0. The van der Waals surface area contributed by atoms with E-state index < -0.39 is 17.6 Å². The molecule has 0 spiro atoms. The molecule has 3 fully saturated rings. The summed E-state index contributed by atoms with van der Waals surface area (Å²) < 4.78 is 16.6. The quantitative estimate of drug-likeness (QED) is 0.444. The normalized spacial score (nSPS) is 24.4. The molecule has 3 aliphatic carbocycles. The van der Waals surface area contributed by atoms with E-state index in [1.54, 1.807) is 36.4 Å². The third kappa shape index (κ3) is 4.79. The van der Waals surface area contributed by atoms with Crippen molar-refractivity contribution in [3.8, 4) is 11.5 Å². The molecular weight excluding hydrogens is 547 g/mol. The summed E-state index contributed by atoms with van der Waals surface area (Å²) in [6.45, 7) is 1.72. The third-order valence-corrected chi connectivity index (χ3v) is 8.00. The zero-order chi connectivity index (χ0) is 27.4. The number of hydrogen-bond acceptors (Lipinski definition) is 7. The fraction of sp³-hybridized carbons (Fsp3) is 0.333. The molecule has 2 bridgehead atoms. The number of hydrogen-bond donors (Lipinski definition) is 2. The monoisotopic (exact) mass is 570 g/mol. The summed E-state index contributed by atoms with van der Waals surface area (Å²) in [6.07, 6.45) is 2.26. The molecule has 0 saturated heterocycles. The second-order valence-corrected chi connectivity index (χ2v) is 11.2. The van der Waals surface area contributed by atoms with Crippen molar-refractivity contribution in [1.82, 2.24) is 15.8 Å². The van der Waals surface area contributed by atoms with E-state index in [0.29, 0.717) is 46.5 Å². The summed E-state index contributed by atoms with van der Waals surface area (Å²) in [4.78, 5) is 40.2. The van der Waals surface area contributed by atoms with Crippen LogP contribution in [0.4, 0.5) is 5.69 Å². The maximum Gasteiger partial charge on any atom is 0.297 e. The van der Waals surface area contributed by atoms with Crippen LogP contribution in [0.15, 0.2) is 53.2 Å². The molecule has 7 rings (SSSR count). The van der Waals surface area contributed by atoms with Gasteiger partial charge in [-0.3, -0.25) is 19.3 Å². The Labute approximate surface area is 233 Å². The van der Waals surface area contributed by atoms with Crippen LogP contribution in [0.5, 0.6) is 11.5 Å². The van der Waals surface area contributed by atoms with Crippen molar-refractivity contribution >= 4 is 46.6 Å². The van der Waals surface area contributed by atoms with Crippen LogP contribution in [-0.4, -0.2) is 53.2 Å². The summed E-state index contributed by atoms with van der Waals surface area (Å²) in [5, 5.41) is 10.8. The molecule has 3 amide bonds. The van der Waals surface area contributed by atoms with E-state index in [1.807, 2.05) is 6.92 Å². The van der Waals surface area contributed by atoms with E-state index in [2.05, 4.69) is 15.8 Å². The lowest BCUT2D eigenvalue weighted by molar-refractivity contribution is -0.153. The van der Waals surface area contributed by atoms with Gasteiger partial charge < -0.3 is 24.6 Å². The molecule has 39 heavy (non-hydrogen) atoms. The number of anilines is 1. The van der Waals surface area contributed by atoms with Gasteiger partial charge in [0.15, 0.2) is 12.7 Å². The Kier molecular flexibility index (Phi) is 6.19. The molecule has 1 unspecified atom stereocenters. The van der Waals surface area contributed by atoms with Crippen molar-refractivity contribution in [2.45, 2.75) is 43.4 Å². The number of carbonyl (C=O) groups is 3. The first-order valence-electron chi connectivity index (χ1n) is 12.4. The summed E-state index contributed by atoms with van der Waals surface area (Å²) in [5.41, 5.74) is 0.541. The van der Waals surface area contributed by atoms with E-state index >= 15 is 0 Å². The van der Waals surface area contributed by atoms with Gasteiger partial charge in [-0.1, -0.05) is 28.4 Å². The summed E-state index contributed by atoms with van der Waals surface area (Å²) >= 11 is 12.2. The smallest absolute Gasteiger partial charge is 0.297 e. The van der Waals surface area contributed by atoms with Gasteiger partial charge in [-0.15, -0.1) is 0 Å². The van der Waals surface area contributed by atoms with Gasteiger partial charge in [0.25, 0.3) is 17.7 Å². The predicted octanol–water partition coefficient (Wildman–Crippen LogP) is 3.68. The Morgan fingerprint density at radius 1 is 1.08 bits per heavy atom. The number of halogens is 2. The van der Waals surface area contributed by atoms with Crippen molar-refractivity contribution in [2.24, 2.45) is 0 Å². The Morgan fingerprint density at radius 2 is 1.85 bits per heavy atom. The van der Waals surface area contributed by atoms with Gasteiger partial charge in [-0.25, -0.2) is 0 Å². The molecule has 2 N–H and O–H groups in total. The Balaban J connectivity index is 1.05. The van der Waals surface area contributed by atoms with E-state index in [-0.39, 0.29) is 36.3 Å². The van der Waals surface area contributed by atoms with E-state index in [9.17, 15) is 14.4 Å². The van der Waals surface area contributed by atoms with Gasteiger partial charge in [0.2, 0.25) is 5.76 Å². The summed E-state index contributed by atoms with van der Waals surface area (Å²) in [5.74, 6) is -0.0623. The number of nitrogens with one attached hydrogen (secondary N) is 2. The molecule has 12 heteroatoms. The van der Waals surface area contributed by atoms with Crippen molar-refractivity contribution in [1.29, 1.82) is 0 Å². The molecular formula is C27H24Cl2N4O6. The lowest BCUT2D eigenvalue weighted by atomic mass is 9.44. The third-order valence-electron chi connectivity index (χ3n) is 7.34. The van der Waals surface area contributed by atoms with Gasteiger partial charge >= 0.3 is 0 Å². The number of carbonyl (C=O) groups excluding carboxylic acids is 3. The fourth-order valence-electron chi connectivity index (χ4n) is 5.63. The molecule has 0 radical (unpaired) electrons. The minimum atomic E-state index is -0.943. The lowest BCUT2D eigenvalue weighted by Gasteiger charge is -2.70. The van der Waals surface area contributed by atoms with Crippen LogP contribution in [0.2, 0.25) is 10.0 Å². The number of benzene rings is 2. The first kappa shape index (κ1) is 25.5. The van der Waals surface area contributed by atoms with Crippen LogP contribution in [-0.2, 0) is 9.59 Å². The van der Waals surface area contributed by atoms with Gasteiger partial charge in [0.05, 0.1) is 18.4 Å². The molecule has 4 aliphatic rings. The van der Waals surface area contributed by atoms with Gasteiger partial charge in [0, 0.05) is 27.2 Å². The molecule has 3 saturated carbocycles. The minimum Gasteiger partial charge on any atom is -0.484 e. The number of nitrogens with zero attached hydrogens (tertiary/aromatic N) is 2. The zero-order valence-corrected chi connectivity index (χ0v) is 22.3. The highest BCUT2D eigenvalue weighted by Crippen LogP contribution is 2.60. The maximum atomic E-state index is 13.2. The van der Waals surface area contributed by atoms with Gasteiger partial charge in [-0.2, -0.15) is 0 Å². The van der Waals surface area contributed by atoms with E-state index in [0.717, 1.165) is 5.56 Å². The SMILES string of the molecule is Cc1cc(OCC(=O)NC23CC(NC(=O)C4CN(C(=O)c5ccno5)c5cc(Cl)ccc5O4)(C2)C3)ccc1Cl. The lowest BCUT2D eigenvalue weighted by Crippen LogP contribution is -2.84. The second-order valence-electron chi connectivity index (χ2n) is 10.3. The molecule has 3 aromatic rings. The Hall–Kier alpha value is -3.76. The first-order chi connectivity index (χ1) is 18.6. The molecule has 1 aliphatic heterocycles. The number of aryl methyl sites for hydroxylation is 1. The highest BCUT2D eigenvalue weighted by Gasteiger charge is 2.69. The Morgan fingerprint density at radius 3 is 2.56 bits per heavy atom. The van der Waals surface area contributed by atoms with Crippen LogP contribution in [0.1, 0.15) is 35.4 Å². The van der Waals surface area contributed by atoms with Crippen molar-refractivity contribution in [2.75, 3.05) is 18.1 Å². The van der Waals surface area contributed by atoms with E-state index in [1.165, 1.54) is 17.2 Å². The molecule has 1 aromatic heterocycles. The molecule has 2 aromatic carbocycles. The largest absolute Gasteiger partial charge is 0.484 e. The Bertz CT molecular complexity index is 1460. The molecule has 202 valence electrons. The van der Waals surface area contributed by atoms with Crippen LogP contribution >= 0.6 is 23.2 Å². The summed E-state index contributed by atoms with van der Waals surface area (Å²) in [6, 6.07) is 11.5. The van der Waals surface area contributed by atoms with Gasteiger partial charge in [0.1, 0.15) is 11.5 Å². The second kappa shape index (κ2) is 9.46. The average Bonchev–Trinajstić information content (AvgIpc) is 3.41. The van der Waals surface area contributed by atoms with Crippen molar-refractivity contribution in [3.63, 3.8) is 0 Å². The molecule has 1 atom stereocenters. The number of rotatable bonds is 7. The first-order valence-corrected chi connectivity index (χ1v) is 13.1.